The van der Waals surface area contributed by atoms with Gasteiger partial charge in [0.25, 0.3) is 0 Å². The fraction of sp³-hybridized carbons (Fsp3) is 0.318. The first-order valence-electron chi connectivity index (χ1n) is 9.28. The summed E-state index contributed by atoms with van der Waals surface area (Å²) in [6.07, 6.45) is 1.45. The number of aryl methyl sites for hydroxylation is 1. The van der Waals surface area contributed by atoms with Crippen LogP contribution in [-0.4, -0.2) is 29.8 Å². The molecule has 0 spiro atoms. The SMILES string of the molecule is CCSCOO.CCc1cc(CC(=O)c2cccc3ccccc23)c(NC)s1. The number of hydrogen-bond acceptors (Lipinski definition) is 6. The maximum Gasteiger partial charge on any atom is 0.167 e. The Morgan fingerprint density at radius 3 is 2.57 bits per heavy atom. The first kappa shape index (κ1) is 22.4. The van der Waals surface area contributed by atoms with Gasteiger partial charge < -0.3 is 5.32 Å². The fourth-order valence-electron chi connectivity index (χ4n) is 2.86. The normalized spacial score (nSPS) is 10.4. The average molecular weight is 418 g/mol. The molecular formula is C22H27NO3S2. The quantitative estimate of drug-likeness (QED) is 0.152. The van der Waals surface area contributed by atoms with Crippen LogP contribution in [0.2, 0.25) is 0 Å². The summed E-state index contributed by atoms with van der Waals surface area (Å²) in [5.74, 6) is 1.55. The van der Waals surface area contributed by atoms with E-state index in [2.05, 4.69) is 23.2 Å². The molecule has 150 valence electrons. The highest BCUT2D eigenvalue weighted by molar-refractivity contribution is 7.99. The zero-order valence-electron chi connectivity index (χ0n) is 16.5. The van der Waals surface area contributed by atoms with Crippen molar-refractivity contribution in [2.45, 2.75) is 26.7 Å². The van der Waals surface area contributed by atoms with Crippen molar-refractivity contribution in [1.29, 1.82) is 0 Å². The van der Waals surface area contributed by atoms with Crippen molar-refractivity contribution in [2.24, 2.45) is 0 Å². The molecule has 1 aromatic heterocycles. The molecule has 0 atom stereocenters. The van der Waals surface area contributed by atoms with Crippen LogP contribution in [0, 0.1) is 0 Å². The van der Waals surface area contributed by atoms with E-state index >= 15 is 0 Å². The Morgan fingerprint density at radius 2 is 1.93 bits per heavy atom. The molecule has 0 radical (unpaired) electrons. The van der Waals surface area contributed by atoms with Crippen LogP contribution in [0.25, 0.3) is 10.8 Å². The van der Waals surface area contributed by atoms with Gasteiger partial charge in [-0.2, -0.15) is 0 Å². The van der Waals surface area contributed by atoms with Gasteiger partial charge in [-0.05, 0) is 34.6 Å². The van der Waals surface area contributed by atoms with Crippen LogP contribution in [0.4, 0.5) is 5.00 Å². The number of fused-ring (bicyclic) bond motifs is 1. The largest absolute Gasteiger partial charge is 0.380 e. The molecule has 28 heavy (non-hydrogen) atoms. The molecule has 0 unspecified atom stereocenters. The summed E-state index contributed by atoms with van der Waals surface area (Å²) >= 11 is 3.27. The van der Waals surface area contributed by atoms with Crippen molar-refractivity contribution in [3.05, 3.63) is 64.5 Å². The summed E-state index contributed by atoms with van der Waals surface area (Å²) in [7, 11) is 1.91. The van der Waals surface area contributed by atoms with Crippen molar-refractivity contribution in [3.63, 3.8) is 0 Å². The summed E-state index contributed by atoms with van der Waals surface area (Å²) in [5.41, 5.74) is 1.91. The third kappa shape index (κ3) is 6.07. The van der Waals surface area contributed by atoms with Crippen LogP contribution in [0.3, 0.4) is 0 Å². The standard InChI is InChI=1S/C19H19NOS.C3H8O2S/c1-3-15-11-14(19(20-2)22-15)12-18(21)17-10-6-8-13-7-4-5-9-16(13)17;1-2-6-3-5-4/h4-11,20H,3,12H2,1-2H3;4H,2-3H2,1H3. The lowest BCUT2D eigenvalue weighted by atomic mass is 9.98. The molecule has 3 aromatic rings. The Bertz CT molecular complexity index is 883. The molecule has 2 aromatic carbocycles. The molecular weight excluding hydrogens is 390 g/mol. The predicted octanol–water partition coefficient (Wildman–Crippen LogP) is 6.12. The van der Waals surface area contributed by atoms with Gasteiger partial charge in [-0.1, -0.05) is 56.3 Å². The molecule has 0 saturated heterocycles. The number of ketones is 1. The predicted molar refractivity (Wildman–Crippen MR) is 122 cm³/mol. The molecule has 0 aliphatic heterocycles. The van der Waals surface area contributed by atoms with Crippen LogP contribution in [-0.2, 0) is 17.7 Å². The lowest BCUT2D eigenvalue weighted by molar-refractivity contribution is -0.222. The van der Waals surface area contributed by atoms with Crippen LogP contribution in [0.1, 0.15) is 34.6 Å². The second kappa shape index (κ2) is 11.9. The van der Waals surface area contributed by atoms with Gasteiger partial charge in [0.1, 0.15) is 5.94 Å². The Hall–Kier alpha value is -1.86. The highest BCUT2D eigenvalue weighted by Crippen LogP contribution is 2.30. The van der Waals surface area contributed by atoms with Gasteiger partial charge >= 0.3 is 0 Å². The summed E-state index contributed by atoms with van der Waals surface area (Å²) in [6.45, 7) is 4.14. The molecule has 0 fully saturated rings. The lowest BCUT2D eigenvalue weighted by Gasteiger charge is -2.06. The highest BCUT2D eigenvalue weighted by Gasteiger charge is 2.15. The molecule has 6 heteroatoms. The van der Waals surface area contributed by atoms with Crippen LogP contribution < -0.4 is 5.32 Å². The van der Waals surface area contributed by atoms with Crippen molar-refractivity contribution in [1.82, 2.24) is 0 Å². The monoisotopic (exact) mass is 417 g/mol. The van der Waals surface area contributed by atoms with Crippen molar-refractivity contribution in [2.75, 3.05) is 24.1 Å². The highest BCUT2D eigenvalue weighted by atomic mass is 32.2. The molecule has 1 heterocycles. The van der Waals surface area contributed by atoms with E-state index in [-0.39, 0.29) is 5.78 Å². The number of thioether (sulfide) groups is 1. The molecule has 2 N–H and O–H groups in total. The van der Waals surface area contributed by atoms with E-state index in [0.29, 0.717) is 12.4 Å². The number of anilines is 1. The van der Waals surface area contributed by atoms with Gasteiger partial charge in [0, 0.05) is 23.9 Å². The topological polar surface area (TPSA) is 58.6 Å². The lowest BCUT2D eigenvalue weighted by Crippen LogP contribution is -2.05. The average Bonchev–Trinajstić information content (AvgIpc) is 3.14. The molecule has 0 saturated carbocycles. The maximum absolute atomic E-state index is 12.8. The Labute approximate surface area is 174 Å². The summed E-state index contributed by atoms with van der Waals surface area (Å²) in [6, 6.07) is 16.1. The maximum atomic E-state index is 12.8. The van der Waals surface area contributed by atoms with Gasteiger partial charge in [0.2, 0.25) is 0 Å². The number of Topliss-reactive ketones (excluding diaryl/α,β-unsaturated/α-hetero) is 1. The summed E-state index contributed by atoms with van der Waals surface area (Å²) < 4.78 is 0. The molecule has 0 bridgehead atoms. The number of carbonyl (C=O) groups excluding carboxylic acids is 1. The van der Waals surface area contributed by atoms with Crippen LogP contribution in [0.15, 0.2) is 48.5 Å². The minimum absolute atomic E-state index is 0.175. The van der Waals surface area contributed by atoms with E-state index in [1.807, 2.05) is 56.4 Å². The first-order chi connectivity index (χ1) is 13.6. The number of nitrogens with one attached hydrogen (secondary N) is 1. The second-order valence-electron chi connectivity index (χ2n) is 6.04. The smallest absolute Gasteiger partial charge is 0.167 e. The van der Waals surface area contributed by atoms with E-state index in [0.717, 1.165) is 39.1 Å². The second-order valence-corrected chi connectivity index (χ2v) is 8.40. The van der Waals surface area contributed by atoms with Gasteiger partial charge in [-0.25, -0.2) is 4.89 Å². The molecule has 3 rings (SSSR count). The Morgan fingerprint density at radius 1 is 1.18 bits per heavy atom. The third-order valence-corrected chi connectivity index (χ3v) is 6.24. The van der Waals surface area contributed by atoms with Crippen LogP contribution >= 0.6 is 23.1 Å². The first-order valence-corrected chi connectivity index (χ1v) is 11.3. The molecule has 0 amide bonds. The number of rotatable bonds is 8. The molecule has 0 aliphatic rings. The van der Waals surface area contributed by atoms with Crippen LogP contribution in [0.5, 0.6) is 0 Å². The Kier molecular flexibility index (Phi) is 9.50. The van der Waals surface area contributed by atoms with Crippen molar-refractivity contribution < 1.29 is 14.9 Å². The summed E-state index contributed by atoms with van der Waals surface area (Å²) in [5, 5.41) is 14.1. The van der Waals surface area contributed by atoms with E-state index in [4.69, 9.17) is 5.26 Å². The minimum Gasteiger partial charge on any atom is -0.380 e. The van der Waals surface area contributed by atoms with E-state index < -0.39 is 0 Å². The number of hydrogen-bond donors (Lipinski definition) is 2. The van der Waals surface area contributed by atoms with E-state index in [1.165, 1.54) is 16.6 Å². The van der Waals surface area contributed by atoms with E-state index in [9.17, 15) is 4.79 Å². The zero-order chi connectivity index (χ0) is 20.4. The van der Waals surface area contributed by atoms with Crippen molar-refractivity contribution in [3.8, 4) is 0 Å². The third-order valence-electron chi connectivity index (χ3n) is 4.22. The number of benzene rings is 2. The van der Waals surface area contributed by atoms with Gasteiger partial charge in [-0.15, -0.1) is 23.1 Å². The molecule has 0 aliphatic carbocycles. The van der Waals surface area contributed by atoms with Gasteiger partial charge in [0.05, 0.1) is 5.00 Å². The molecule has 4 nitrogen and oxygen atoms in total. The fourth-order valence-corrected chi connectivity index (χ4v) is 4.07. The van der Waals surface area contributed by atoms with Crippen molar-refractivity contribution >= 4 is 44.7 Å². The number of carbonyl (C=O) groups is 1. The van der Waals surface area contributed by atoms with Gasteiger partial charge in [-0.3, -0.25) is 10.1 Å². The minimum atomic E-state index is 0.175. The number of thiophene rings is 1. The summed E-state index contributed by atoms with van der Waals surface area (Å²) in [4.78, 5) is 17.8. The van der Waals surface area contributed by atoms with E-state index in [1.54, 1.807) is 11.3 Å². The zero-order valence-corrected chi connectivity index (χ0v) is 18.2. The Balaban J connectivity index is 0.000000409. The van der Waals surface area contributed by atoms with Gasteiger partial charge in [0.15, 0.2) is 5.78 Å².